The normalized spacial score (nSPS) is 24.9. The summed E-state index contributed by atoms with van der Waals surface area (Å²) >= 11 is 0. The second kappa shape index (κ2) is 6.50. The lowest BCUT2D eigenvalue weighted by Crippen LogP contribution is -2.16. The van der Waals surface area contributed by atoms with Gasteiger partial charge in [0.05, 0.1) is 6.10 Å². The quantitative estimate of drug-likeness (QED) is 0.540. The summed E-state index contributed by atoms with van der Waals surface area (Å²) in [5.41, 5.74) is 0. The maximum Gasteiger partial charge on any atom is 0.355 e. The Kier molecular flexibility index (Phi) is 5.59. The van der Waals surface area contributed by atoms with Gasteiger partial charge in [0.2, 0.25) is 0 Å². The molecule has 0 saturated heterocycles. The topological polar surface area (TPSA) is 71.1 Å². The van der Waals surface area contributed by atoms with Crippen molar-refractivity contribution >= 4 is 13.6 Å². The summed E-state index contributed by atoms with van der Waals surface area (Å²) in [6.45, 7) is 1.39. The monoisotopic (exact) mass is 266 g/mol. The molecule has 0 N–H and O–H groups in total. The molecule has 100 valence electrons. The lowest BCUT2D eigenvalue weighted by molar-refractivity contribution is -0.146. The fourth-order valence-corrected chi connectivity index (χ4v) is 2.52. The molecule has 0 aromatic heterocycles. The van der Waals surface area contributed by atoms with Crippen LogP contribution < -0.4 is 0 Å². The SMILES string of the molecule is COP(=O)(CO[C@H]1CC[C@@H](OC(C)=O)C1)OC. The van der Waals surface area contributed by atoms with Crippen molar-refractivity contribution in [1.82, 2.24) is 0 Å². The van der Waals surface area contributed by atoms with Gasteiger partial charge in [-0.2, -0.15) is 0 Å². The van der Waals surface area contributed by atoms with Crippen LogP contribution >= 0.6 is 7.60 Å². The second-order valence-corrected chi connectivity index (χ2v) is 6.15. The molecule has 6 nitrogen and oxygen atoms in total. The molecule has 1 aliphatic carbocycles. The van der Waals surface area contributed by atoms with Gasteiger partial charge >= 0.3 is 13.6 Å². The minimum absolute atomic E-state index is 0.0574. The Morgan fingerprint density at radius 3 is 2.35 bits per heavy atom. The fourth-order valence-electron chi connectivity index (χ4n) is 1.77. The van der Waals surface area contributed by atoms with Crippen molar-refractivity contribution in [2.45, 2.75) is 38.4 Å². The molecule has 0 aliphatic heterocycles. The molecule has 0 aromatic rings. The molecule has 1 saturated carbocycles. The van der Waals surface area contributed by atoms with Crippen LogP contribution in [0.15, 0.2) is 0 Å². The van der Waals surface area contributed by atoms with Gasteiger partial charge in [-0.3, -0.25) is 9.36 Å². The molecule has 0 aromatic carbocycles. The summed E-state index contributed by atoms with van der Waals surface area (Å²) in [7, 11) is -0.464. The third kappa shape index (κ3) is 4.76. The highest BCUT2D eigenvalue weighted by Gasteiger charge is 2.30. The van der Waals surface area contributed by atoms with E-state index < -0.39 is 7.60 Å². The zero-order chi connectivity index (χ0) is 12.9. The van der Waals surface area contributed by atoms with Crippen molar-refractivity contribution < 1.29 is 27.9 Å². The second-order valence-electron chi connectivity index (χ2n) is 3.94. The summed E-state index contributed by atoms with van der Waals surface area (Å²) in [5, 5.41) is 0. The van der Waals surface area contributed by atoms with E-state index in [1.54, 1.807) is 0 Å². The van der Waals surface area contributed by atoms with Crippen LogP contribution in [-0.2, 0) is 27.9 Å². The van der Waals surface area contributed by atoms with Gasteiger partial charge in [-0.05, 0) is 12.8 Å². The molecule has 0 radical (unpaired) electrons. The first-order valence-electron chi connectivity index (χ1n) is 5.48. The lowest BCUT2D eigenvalue weighted by atomic mass is 10.3. The van der Waals surface area contributed by atoms with Crippen LogP contribution in [0.25, 0.3) is 0 Å². The third-order valence-corrected chi connectivity index (χ3v) is 4.27. The van der Waals surface area contributed by atoms with Gasteiger partial charge in [-0.1, -0.05) is 0 Å². The van der Waals surface area contributed by atoms with Gasteiger partial charge in [0, 0.05) is 27.6 Å². The molecular weight excluding hydrogens is 247 g/mol. The van der Waals surface area contributed by atoms with Crippen LogP contribution in [0.5, 0.6) is 0 Å². The van der Waals surface area contributed by atoms with Crippen LogP contribution in [0.4, 0.5) is 0 Å². The van der Waals surface area contributed by atoms with Crippen LogP contribution in [-0.4, -0.2) is 38.7 Å². The van der Waals surface area contributed by atoms with E-state index in [0.29, 0.717) is 6.42 Å². The average molecular weight is 266 g/mol. The molecule has 0 heterocycles. The predicted molar refractivity (Wildman–Crippen MR) is 60.8 cm³/mol. The van der Waals surface area contributed by atoms with Gasteiger partial charge in [0.1, 0.15) is 12.5 Å². The molecule has 0 unspecified atom stereocenters. The van der Waals surface area contributed by atoms with Crippen LogP contribution in [0.1, 0.15) is 26.2 Å². The predicted octanol–water partition coefficient (Wildman–Crippen LogP) is 1.93. The summed E-state index contributed by atoms with van der Waals surface area (Å²) in [4.78, 5) is 10.8. The van der Waals surface area contributed by atoms with Gasteiger partial charge in [-0.25, -0.2) is 0 Å². The van der Waals surface area contributed by atoms with Crippen molar-refractivity contribution in [3.05, 3.63) is 0 Å². The van der Waals surface area contributed by atoms with Crippen LogP contribution in [0, 0.1) is 0 Å². The minimum Gasteiger partial charge on any atom is -0.462 e. The zero-order valence-corrected chi connectivity index (χ0v) is 11.3. The van der Waals surface area contributed by atoms with Crippen molar-refractivity contribution in [2.24, 2.45) is 0 Å². The van der Waals surface area contributed by atoms with Crippen molar-refractivity contribution in [3.63, 3.8) is 0 Å². The number of esters is 1. The summed E-state index contributed by atoms with van der Waals surface area (Å²) in [5.74, 6) is -0.282. The van der Waals surface area contributed by atoms with E-state index in [-0.39, 0.29) is 24.5 Å². The maximum atomic E-state index is 11.7. The van der Waals surface area contributed by atoms with Crippen LogP contribution in [0.3, 0.4) is 0 Å². The molecule has 1 fully saturated rings. The number of carbonyl (C=O) groups excluding carboxylic acids is 1. The number of carbonyl (C=O) groups is 1. The van der Waals surface area contributed by atoms with E-state index in [4.69, 9.17) is 18.5 Å². The largest absolute Gasteiger partial charge is 0.462 e. The lowest BCUT2D eigenvalue weighted by Gasteiger charge is -2.17. The van der Waals surface area contributed by atoms with Gasteiger partial charge in [-0.15, -0.1) is 0 Å². The molecular formula is C10H19O6P. The molecule has 0 amide bonds. The Morgan fingerprint density at radius 2 is 1.82 bits per heavy atom. The Morgan fingerprint density at radius 1 is 1.24 bits per heavy atom. The molecule has 0 spiro atoms. The highest BCUT2D eigenvalue weighted by molar-refractivity contribution is 7.53. The first-order chi connectivity index (χ1) is 7.99. The van der Waals surface area contributed by atoms with Gasteiger partial charge in [0.25, 0.3) is 0 Å². The molecule has 7 heteroatoms. The van der Waals surface area contributed by atoms with Crippen LogP contribution in [0.2, 0.25) is 0 Å². The smallest absolute Gasteiger partial charge is 0.355 e. The molecule has 0 bridgehead atoms. The highest BCUT2D eigenvalue weighted by Crippen LogP contribution is 2.47. The first-order valence-corrected chi connectivity index (χ1v) is 7.21. The summed E-state index contributed by atoms with van der Waals surface area (Å²) in [6.07, 6.45) is 1.96. The van der Waals surface area contributed by atoms with E-state index in [2.05, 4.69) is 0 Å². The number of ether oxygens (including phenoxy) is 2. The number of hydrogen-bond donors (Lipinski definition) is 0. The Hall–Kier alpha value is -0.420. The maximum absolute atomic E-state index is 11.7. The highest BCUT2D eigenvalue weighted by atomic mass is 31.2. The minimum atomic E-state index is -3.11. The van der Waals surface area contributed by atoms with Gasteiger partial charge in [0.15, 0.2) is 0 Å². The molecule has 17 heavy (non-hydrogen) atoms. The van der Waals surface area contributed by atoms with E-state index in [0.717, 1.165) is 12.8 Å². The van der Waals surface area contributed by atoms with E-state index in [1.165, 1.54) is 21.1 Å². The number of hydrogen-bond acceptors (Lipinski definition) is 6. The molecule has 1 aliphatic rings. The Balaban J connectivity index is 2.31. The summed E-state index contributed by atoms with van der Waals surface area (Å²) < 4.78 is 31.8. The van der Waals surface area contributed by atoms with Crippen molar-refractivity contribution in [3.8, 4) is 0 Å². The molecule has 1 rings (SSSR count). The van der Waals surface area contributed by atoms with E-state index in [1.807, 2.05) is 0 Å². The molecule has 2 atom stereocenters. The Labute approximate surface area is 101 Å². The Bertz CT molecular complexity index is 297. The van der Waals surface area contributed by atoms with E-state index >= 15 is 0 Å². The standard InChI is InChI=1S/C10H19O6P/c1-8(11)16-10-5-4-9(6-10)15-7-17(12,13-2)14-3/h9-10H,4-7H2,1-3H3/t9-,10+/m0/s1. The average Bonchev–Trinajstić information content (AvgIpc) is 2.73. The van der Waals surface area contributed by atoms with Gasteiger partial charge < -0.3 is 18.5 Å². The van der Waals surface area contributed by atoms with Crippen molar-refractivity contribution in [2.75, 3.05) is 20.6 Å². The van der Waals surface area contributed by atoms with Crippen molar-refractivity contribution in [1.29, 1.82) is 0 Å². The fraction of sp³-hybridized carbons (Fsp3) is 0.900. The zero-order valence-electron chi connectivity index (χ0n) is 10.4. The number of rotatable bonds is 6. The van der Waals surface area contributed by atoms with E-state index in [9.17, 15) is 9.36 Å². The summed E-state index contributed by atoms with van der Waals surface area (Å²) in [6, 6.07) is 0. The first kappa shape index (κ1) is 14.6. The third-order valence-electron chi connectivity index (χ3n) is 2.69.